The number of carboxylic acid groups (broad SMARTS) is 1. The minimum atomic E-state index is -2.90. The molecule has 0 aromatic carbocycles. The van der Waals surface area contributed by atoms with Gasteiger partial charge in [0, 0.05) is 0 Å². The zero-order chi connectivity index (χ0) is 10.0. The zero-order valence-corrected chi connectivity index (χ0v) is 6.17. The quantitative estimate of drug-likeness (QED) is 0.776. The van der Waals surface area contributed by atoms with E-state index in [-0.39, 0.29) is 0 Å². The Morgan fingerprint density at radius 2 is 2.15 bits per heavy atom. The molecule has 0 unspecified atom stereocenters. The van der Waals surface area contributed by atoms with E-state index in [2.05, 4.69) is 4.98 Å². The highest BCUT2D eigenvalue weighted by Crippen LogP contribution is 2.18. The zero-order valence-electron chi connectivity index (χ0n) is 6.17. The number of pyridine rings is 1. The van der Waals surface area contributed by atoms with E-state index >= 15 is 0 Å². The molecule has 0 saturated carbocycles. The van der Waals surface area contributed by atoms with Gasteiger partial charge in [-0.05, 0) is 6.07 Å². The maximum atomic E-state index is 12.6. The molecular formula is C7H4F3NO2. The van der Waals surface area contributed by atoms with E-state index < -0.39 is 29.5 Å². The predicted molar refractivity (Wildman–Crippen MR) is 36.1 cm³/mol. The van der Waals surface area contributed by atoms with Gasteiger partial charge in [-0.1, -0.05) is 0 Å². The van der Waals surface area contributed by atoms with Crippen molar-refractivity contribution in [1.82, 2.24) is 4.98 Å². The summed E-state index contributed by atoms with van der Waals surface area (Å²) in [5.41, 5.74) is -1.55. The Morgan fingerprint density at radius 3 is 2.62 bits per heavy atom. The third-order valence-corrected chi connectivity index (χ3v) is 1.33. The third kappa shape index (κ3) is 1.95. The molecule has 0 fully saturated rings. The van der Waals surface area contributed by atoms with Crippen LogP contribution in [0, 0.1) is 5.82 Å². The van der Waals surface area contributed by atoms with Crippen molar-refractivity contribution in [2.45, 2.75) is 6.43 Å². The average molecular weight is 191 g/mol. The smallest absolute Gasteiger partial charge is 0.338 e. The molecule has 1 rings (SSSR count). The Kier molecular flexibility index (Phi) is 2.50. The van der Waals surface area contributed by atoms with Crippen molar-refractivity contribution in [2.24, 2.45) is 0 Å². The topological polar surface area (TPSA) is 50.2 Å². The normalized spacial score (nSPS) is 10.5. The van der Waals surface area contributed by atoms with Gasteiger partial charge in [0.15, 0.2) is 5.82 Å². The fourth-order valence-electron chi connectivity index (χ4n) is 0.738. The molecule has 6 heteroatoms. The first-order valence-corrected chi connectivity index (χ1v) is 3.19. The summed E-state index contributed by atoms with van der Waals surface area (Å²) in [4.78, 5) is 13.3. The van der Waals surface area contributed by atoms with Crippen molar-refractivity contribution >= 4 is 5.97 Å². The molecule has 0 amide bonds. The van der Waals surface area contributed by atoms with Gasteiger partial charge in [0.25, 0.3) is 6.43 Å². The second-order valence-electron chi connectivity index (χ2n) is 2.19. The van der Waals surface area contributed by atoms with Crippen LogP contribution >= 0.6 is 0 Å². The van der Waals surface area contributed by atoms with Gasteiger partial charge in [0.1, 0.15) is 5.69 Å². The number of hydrogen-bond donors (Lipinski definition) is 1. The Labute approximate surface area is 70.8 Å². The van der Waals surface area contributed by atoms with Gasteiger partial charge >= 0.3 is 5.97 Å². The fourth-order valence-corrected chi connectivity index (χ4v) is 0.738. The largest absolute Gasteiger partial charge is 0.478 e. The highest BCUT2D eigenvalue weighted by Gasteiger charge is 2.16. The molecule has 1 N–H and O–H groups in total. The van der Waals surface area contributed by atoms with Crippen LogP contribution in [-0.2, 0) is 0 Å². The standard InChI is InChI=1S/C7H4F3NO2/c8-4-2-11-5(6(9)10)1-3(4)7(12)13/h1-2,6H,(H,12,13). The SMILES string of the molecule is O=C(O)c1cc(C(F)F)ncc1F. The maximum absolute atomic E-state index is 12.6. The second-order valence-corrected chi connectivity index (χ2v) is 2.19. The van der Waals surface area contributed by atoms with Crippen LogP contribution in [0.5, 0.6) is 0 Å². The molecule has 0 atom stereocenters. The van der Waals surface area contributed by atoms with E-state index in [9.17, 15) is 18.0 Å². The van der Waals surface area contributed by atoms with E-state index in [1.807, 2.05) is 0 Å². The summed E-state index contributed by atoms with van der Waals surface area (Å²) >= 11 is 0. The van der Waals surface area contributed by atoms with Crippen LogP contribution in [-0.4, -0.2) is 16.1 Å². The summed E-state index contributed by atoms with van der Waals surface area (Å²) in [7, 11) is 0. The van der Waals surface area contributed by atoms with Gasteiger partial charge in [-0.3, -0.25) is 4.98 Å². The number of carbonyl (C=O) groups is 1. The second kappa shape index (κ2) is 3.42. The van der Waals surface area contributed by atoms with Gasteiger partial charge in [0.05, 0.1) is 11.8 Å². The Hall–Kier alpha value is -1.59. The predicted octanol–water partition coefficient (Wildman–Crippen LogP) is 1.86. The molecule has 0 bridgehead atoms. The van der Waals surface area contributed by atoms with Crippen molar-refractivity contribution in [2.75, 3.05) is 0 Å². The van der Waals surface area contributed by atoms with Crippen LogP contribution in [0.3, 0.4) is 0 Å². The number of aromatic nitrogens is 1. The van der Waals surface area contributed by atoms with Gasteiger partial charge in [0.2, 0.25) is 0 Å². The molecule has 3 nitrogen and oxygen atoms in total. The molecule has 1 heterocycles. The molecule has 0 saturated heterocycles. The van der Waals surface area contributed by atoms with Crippen LogP contribution in [0.25, 0.3) is 0 Å². The van der Waals surface area contributed by atoms with E-state index in [0.717, 1.165) is 0 Å². The van der Waals surface area contributed by atoms with Crippen LogP contribution in [0.2, 0.25) is 0 Å². The Balaban J connectivity index is 3.19. The number of aromatic carboxylic acids is 1. The van der Waals surface area contributed by atoms with Crippen LogP contribution < -0.4 is 0 Å². The van der Waals surface area contributed by atoms with Crippen LogP contribution in [0.15, 0.2) is 12.3 Å². The highest BCUT2D eigenvalue weighted by atomic mass is 19.3. The number of carboxylic acids is 1. The molecule has 0 aliphatic carbocycles. The van der Waals surface area contributed by atoms with Crippen LogP contribution in [0.1, 0.15) is 22.5 Å². The maximum Gasteiger partial charge on any atom is 0.338 e. The molecule has 0 aliphatic rings. The summed E-state index contributed by atoms with van der Waals surface area (Å²) in [5.74, 6) is -2.72. The van der Waals surface area contributed by atoms with E-state index in [1.54, 1.807) is 0 Å². The lowest BCUT2D eigenvalue weighted by atomic mass is 10.2. The molecule has 1 aromatic rings. The molecular weight excluding hydrogens is 187 g/mol. The lowest BCUT2D eigenvalue weighted by Crippen LogP contribution is -2.03. The first-order valence-electron chi connectivity index (χ1n) is 3.19. The van der Waals surface area contributed by atoms with Crippen molar-refractivity contribution in [1.29, 1.82) is 0 Å². The molecule has 0 aliphatic heterocycles. The van der Waals surface area contributed by atoms with E-state index in [0.29, 0.717) is 12.3 Å². The van der Waals surface area contributed by atoms with Gasteiger partial charge < -0.3 is 5.11 Å². The first-order chi connectivity index (χ1) is 6.02. The molecule has 13 heavy (non-hydrogen) atoms. The molecule has 0 spiro atoms. The number of hydrogen-bond acceptors (Lipinski definition) is 2. The number of nitrogens with zero attached hydrogens (tertiary/aromatic N) is 1. The summed E-state index contributed by atoms with van der Waals surface area (Å²) < 4.78 is 36.5. The summed E-state index contributed by atoms with van der Waals surface area (Å²) in [5, 5.41) is 8.36. The monoisotopic (exact) mass is 191 g/mol. The number of alkyl halides is 2. The van der Waals surface area contributed by atoms with Crippen molar-refractivity contribution in [3.63, 3.8) is 0 Å². The van der Waals surface area contributed by atoms with Crippen molar-refractivity contribution < 1.29 is 23.1 Å². The number of rotatable bonds is 2. The van der Waals surface area contributed by atoms with Gasteiger partial charge in [-0.25, -0.2) is 18.0 Å². The Morgan fingerprint density at radius 1 is 1.54 bits per heavy atom. The van der Waals surface area contributed by atoms with E-state index in [1.165, 1.54) is 0 Å². The fraction of sp³-hybridized carbons (Fsp3) is 0.143. The summed E-state index contributed by atoms with van der Waals surface area (Å²) in [6.07, 6.45) is -2.44. The Bertz CT molecular complexity index is 341. The molecule has 0 radical (unpaired) electrons. The lowest BCUT2D eigenvalue weighted by Gasteiger charge is -2.00. The van der Waals surface area contributed by atoms with Crippen molar-refractivity contribution in [3.05, 3.63) is 29.3 Å². The minimum Gasteiger partial charge on any atom is -0.478 e. The van der Waals surface area contributed by atoms with Gasteiger partial charge in [-0.2, -0.15) is 0 Å². The summed E-state index contributed by atoms with van der Waals surface area (Å²) in [6, 6.07) is 0.516. The van der Waals surface area contributed by atoms with Gasteiger partial charge in [-0.15, -0.1) is 0 Å². The third-order valence-electron chi connectivity index (χ3n) is 1.33. The lowest BCUT2D eigenvalue weighted by molar-refractivity contribution is 0.0691. The molecule has 70 valence electrons. The highest BCUT2D eigenvalue weighted by molar-refractivity contribution is 5.87. The average Bonchev–Trinajstić information content (AvgIpc) is 2.04. The van der Waals surface area contributed by atoms with Crippen LogP contribution in [0.4, 0.5) is 13.2 Å². The summed E-state index contributed by atoms with van der Waals surface area (Å²) in [6.45, 7) is 0. The van der Waals surface area contributed by atoms with E-state index in [4.69, 9.17) is 5.11 Å². The molecule has 1 aromatic heterocycles. The number of halogens is 3. The minimum absolute atomic E-state index is 0.463. The first kappa shape index (κ1) is 9.50. The van der Waals surface area contributed by atoms with Crippen molar-refractivity contribution in [3.8, 4) is 0 Å².